The topological polar surface area (TPSA) is 52.0 Å². The molecular formula is C9H12N2O2. The second-order valence-electron chi connectivity index (χ2n) is 3.10. The van der Waals surface area contributed by atoms with Crippen molar-refractivity contribution < 1.29 is 9.59 Å². The first kappa shape index (κ1) is 9.64. The van der Waals surface area contributed by atoms with Gasteiger partial charge in [0.2, 0.25) is 0 Å². The fraction of sp³-hybridized carbons (Fsp3) is 0.444. The molecule has 1 aromatic rings. The van der Waals surface area contributed by atoms with Gasteiger partial charge >= 0.3 is 0 Å². The smallest absolute Gasteiger partial charge is 0.190 e. The molecule has 4 heteroatoms. The van der Waals surface area contributed by atoms with Crippen LogP contribution in [0.5, 0.6) is 0 Å². The van der Waals surface area contributed by atoms with Crippen molar-refractivity contribution in [2.45, 2.75) is 20.3 Å². The van der Waals surface area contributed by atoms with E-state index < -0.39 is 0 Å². The van der Waals surface area contributed by atoms with Crippen LogP contribution in [0.15, 0.2) is 6.07 Å². The quantitative estimate of drug-likeness (QED) is 0.512. The molecule has 0 atom stereocenters. The summed E-state index contributed by atoms with van der Waals surface area (Å²) in [4.78, 5) is 22.0. The summed E-state index contributed by atoms with van der Waals surface area (Å²) in [5.74, 6) is -0.343. The van der Waals surface area contributed by atoms with Crippen molar-refractivity contribution in [3.8, 4) is 0 Å². The predicted molar refractivity (Wildman–Crippen MR) is 47.6 cm³/mol. The molecule has 0 aromatic carbocycles. The summed E-state index contributed by atoms with van der Waals surface area (Å²) in [5.41, 5.74) is 1.28. The maximum absolute atomic E-state index is 11.3. The standard InChI is InChI=1S/C9H12N2O2/c1-6-4-8(10-11(6)3)9(13)5-7(2)12/h4H,5H2,1-3H3. The minimum Gasteiger partial charge on any atom is -0.300 e. The van der Waals surface area contributed by atoms with Crippen molar-refractivity contribution in [2.75, 3.05) is 0 Å². The molecular weight excluding hydrogens is 168 g/mol. The van der Waals surface area contributed by atoms with E-state index in [1.807, 2.05) is 6.92 Å². The summed E-state index contributed by atoms with van der Waals surface area (Å²) >= 11 is 0. The normalized spacial score (nSPS) is 10.1. The first-order chi connectivity index (χ1) is 6.00. The third-order valence-electron chi connectivity index (χ3n) is 1.81. The van der Waals surface area contributed by atoms with Crippen molar-refractivity contribution in [3.05, 3.63) is 17.5 Å². The van der Waals surface area contributed by atoms with Crippen LogP contribution in [0.1, 0.15) is 29.5 Å². The van der Waals surface area contributed by atoms with Crippen LogP contribution in [0.25, 0.3) is 0 Å². The number of aryl methyl sites for hydroxylation is 2. The Kier molecular flexibility index (Phi) is 2.60. The summed E-state index contributed by atoms with van der Waals surface area (Å²) in [7, 11) is 1.76. The fourth-order valence-electron chi connectivity index (χ4n) is 1.01. The lowest BCUT2D eigenvalue weighted by atomic mass is 10.1. The van der Waals surface area contributed by atoms with Crippen molar-refractivity contribution in [1.29, 1.82) is 0 Å². The van der Waals surface area contributed by atoms with E-state index in [9.17, 15) is 9.59 Å². The van der Waals surface area contributed by atoms with Gasteiger partial charge in [-0.15, -0.1) is 0 Å². The second kappa shape index (κ2) is 3.51. The van der Waals surface area contributed by atoms with E-state index in [0.29, 0.717) is 5.69 Å². The molecule has 0 saturated carbocycles. The van der Waals surface area contributed by atoms with Crippen LogP contribution in [0.3, 0.4) is 0 Å². The van der Waals surface area contributed by atoms with Gasteiger partial charge in [-0.1, -0.05) is 0 Å². The Morgan fingerprint density at radius 3 is 2.54 bits per heavy atom. The highest BCUT2D eigenvalue weighted by molar-refractivity contribution is 6.06. The number of ketones is 2. The number of carbonyl (C=O) groups excluding carboxylic acids is 2. The number of hydrogen-bond acceptors (Lipinski definition) is 3. The van der Waals surface area contributed by atoms with Crippen LogP contribution in [0, 0.1) is 6.92 Å². The Bertz CT molecular complexity index is 333. The number of rotatable bonds is 3. The largest absolute Gasteiger partial charge is 0.300 e. The Balaban J connectivity index is 2.83. The Hall–Kier alpha value is -1.45. The van der Waals surface area contributed by atoms with E-state index in [2.05, 4.69) is 5.10 Å². The molecule has 0 unspecified atom stereocenters. The van der Waals surface area contributed by atoms with Gasteiger partial charge in [-0.05, 0) is 19.9 Å². The zero-order chi connectivity index (χ0) is 10.0. The highest BCUT2D eigenvalue weighted by Gasteiger charge is 2.12. The van der Waals surface area contributed by atoms with E-state index in [-0.39, 0.29) is 18.0 Å². The lowest BCUT2D eigenvalue weighted by Crippen LogP contribution is -2.06. The average Bonchev–Trinajstić information content (AvgIpc) is 2.31. The van der Waals surface area contributed by atoms with Crippen LogP contribution in [0.4, 0.5) is 0 Å². The average molecular weight is 180 g/mol. The molecule has 1 aromatic heterocycles. The molecule has 0 aliphatic heterocycles. The lowest BCUT2D eigenvalue weighted by molar-refractivity contribution is -0.116. The van der Waals surface area contributed by atoms with Gasteiger partial charge < -0.3 is 0 Å². The first-order valence-electron chi connectivity index (χ1n) is 4.04. The maximum atomic E-state index is 11.3. The molecule has 0 amide bonds. The van der Waals surface area contributed by atoms with Crippen molar-refractivity contribution in [1.82, 2.24) is 9.78 Å². The van der Waals surface area contributed by atoms with E-state index >= 15 is 0 Å². The zero-order valence-electron chi connectivity index (χ0n) is 8.00. The van der Waals surface area contributed by atoms with E-state index in [0.717, 1.165) is 5.69 Å². The molecule has 0 bridgehead atoms. The van der Waals surface area contributed by atoms with Crippen molar-refractivity contribution in [2.24, 2.45) is 7.05 Å². The Morgan fingerprint density at radius 1 is 1.54 bits per heavy atom. The third kappa shape index (κ3) is 2.24. The molecule has 1 heterocycles. The summed E-state index contributed by atoms with van der Waals surface area (Å²) in [5, 5.41) is 3.98. The summed E-state index contributed by atoms with van der Waals surface area (Å²) in [6, 6.07) is 1.69. The van der Waals surface area contributed by atoms with E-state index in [4.69, 9.17) is 0 Å². The van der Waals surface area contributed by atoms with Gasteiger partial charge in [0.15, 0.2) is 5.78 Å². The van der Waals surface area contributed by atoms with Crippen LogP contribution < -0.4 is 0 Å². The number of hydrogen-bond donors (Lipinski definition) is 0. The number of aromatic nitrogens is 2. The van der Waals surface area contributed by atoms with Gasteiger partial charge in [0.1, 0.15) is 11.5 Å². The minimum absolute atomic E-state index is 0.0591. The van der Waals surface area contributed by atoms with Gasteiger partial charge in [-0.25, -0.2) is 0 Å². The summed E-state index contributed by atoms with van der Waals surface area (Å²) < 4.78 is 1.62. The summed E-state index contributed by atoms with van der Waals surface area (Å²) in [6.07, 6.45) is -0.0591. The number of nitrogens with zero attached hydrogens (tertiary/aromatic N) is 2. The molecule has 0 aliphatic rings. The Labute approximate surface area is 76.6 Å². The van der Waals surface area contributed by atoms with Gasteiger partial charge in [0.25, 0.3) is 0 Å². The maximum Gasteiger partial charge on any atom is 0.190 e. The van der Waals surface area contributed by atoms with Gasteiger partial charge in [0, 0.05) is 12.7 Å². The predicted octanol–water partition coefficient (Wildman–Crippen LogP) is 0.890. The SMILES string of the molecule is CC(=O)CC(=O)c1cc(C)n(C)n1. The van der Waals surface area contributed by atoms with Crippen LogP contribution in [-0.4, -0.2) is 21.3 Å². The molecule has 0 saturated heterocycles. The first-order valence-corrected chi connectivity index (χ1v) is 4.04. The van der Waals surface area contributed by atoms with Gasteiger partial charge in [-0.3, -0.25) is 14.3 Å². The Morgan fingerprint density at radius 2 is 2.15 bits per heavy atom. The van der Waals surface area contributed by atoms with Gasteiger partial charge in [-0.2, -0.15) is 5.10 Å². The lowest BCUT2D eigenvalue weighted by Gasteiger charge is -1.91. The third-order valence-corrected chi connectivity index (χ3v) is 1.81. The van der Waals surface area contributed by atoms with Crippen LogP contribution >= 0.6 is 0 Å². The van der Waals surface area contributed by atoms with Crippen LogP contribution in [-0.2, 0) is 11.8 Å². The number of Topliss-reactive ketones (excluding diaryl/α,β-unsaturated/α-hetero) is 2. The van der Waals surface area contributed by atoms with E-state index in [1.165, 1.54) is 6.92 Å². The molecule has 70 valence electrons. The number of carbonyl (C=O) groups is 2. The minimum atomic E-state index is -0.212. The highest BCUT2D eigenvalue weighted by Crippen LogP contribution is 2.04. The molecule has 13 heavy (non-hydrogen) atoms. The van der Waals surface area contributed by atoms with Crippen LogP contribution in [0.2, 0.25) is 0 Å². The zero-order valence-corrected chi connectivity index (χ0v) is 8.00. The van der Waals surface area contributed by atoms with Gasteiger partial charge in [0.05, 0.1) is 6.42 Å². The van der Waals surface area contributed by atoms with Crippen molar-refractivity contribution >= 4 is 11.6 Å². The molecule has 4 nitrogen and oxygen atoms in total. The molecule has 0 aliphatic carbocycles. The monoisotopic (exact) mass is 180 g/mol. The molecule has 0 fully saturated rings. The van der Waals surface area contributed by atoms with E-state index in [1.54, 1.807) is 17.8 Å². The molecule has 0 N–H and O–H groups in total. The van der Waals surface area contributed by atoms with Crippen molar-refractivity contribution in [3.63, 3.8) is 0 Å². The molecule has 1 rings (SSSR count). The molecule has 0 radical (unpaired) electrons. The summed E-state index contributed by atoms with van der Waals surface area (Å²) in [6.45, 7) is 3.26. The molecule has 0 spiro atoms. The fourth-order valence-corrected chi connectivity index (χ4v) is 1.01. The highest BCUT2D eigenvalue weighted by atomic mass is 16.1. The second-order valence-corrected chi connectivity index (χ2v) is 3.10.